The number of sulfonamides is 1. The van der Waals surface area contributed by atoms with Crippen molar-refractivity contribution in [2.75, 3.05) is 6.54 Å². The molecule has 0 spiro atoms. The molecule has 0 radical (unpaired) electrons. The zero-order chi connectivity index (χ0) is 14.0. The maximum atomic E-state index is 12.7. The van der Waals surface area contributed by atoms with Crippen LogP contribution in [0.5, 0.6) is 0 Å². The molecule has 0 amide bonds. The number of nitrogens with two attached hydrogens (primary N) is 1. The van der Waals surface area contributed by atoms with Crippen LogP contribution in [0.4, 0.5) is 0 Å². The molecule has 7 heteroatoms. The fourth-order valence-electron chi connectivity index (χ4n) is 2.26. The Bertz CT molecular complexity index is 589. The van der Waals surface area contributed by atoms with E-state index in [1.807, 2.05) is 0 Å². The summed E-state index contributed by atoms with van der Waals surface area (Å²) in [5.74, 6) is 0. The van der Waals surface area contributed by atoms with Gasteiger partial charge in [0.25, 0.3) is 0 Å². The van der Waals surface area contributed by atoms with Crippen LogP contribution in [-0.2, 0) is 10.0 Å². The number of hydrogen-bond donors (Lipinski definition) is 1. The second-order valence-electron chi connectivity index (χ2n) is 4.46. The normalized spacial score (nSPS) is 21.2. The van der Waals surface area contributed by atoms with E-state index in [4.69, 9.17) is 18.0 Å². The van der Waals surface area contributed by atoms with Crippen LogP contribution in [0, 0.1) is 0 Å². The third kappa shape index (κ3) is 2.99. The number of piperidine rings is 1. The molecule has 104 valence electrons. The van der Waals surface area contributed by atoms with E-state index in [9.17, 15) is 8.42 Å². The molecule has 0 aliphatic carbocycles. The van der Waals surface area contributed by atoms with E-state index in [1.165, 1.54) is 4.31 Å². The SMILES string of the molecule is NC(=S)C1CCCCN1S(=O)(=O)c1ccccc1Br. The summed E-state index contributed by atoms with van der Waals surface area (Å²) in [5, 5.41) is 0. The molecule has 1 atom stereocenters. The van der Waals surface area contributed by atoms with Gasteiger partial charge in [-0.1, -0.05) is 30.8 Å². The number of halogens is 1. The second kappa shape index (κ2) is 5.87. The molecule has 1 saturated heterocycles. The maximum absolute atomic E-state index is 12.7. The number of nitrogens with zero attached hydrogens (tertiary/aromatic N) is 1. The highest BCUT2D eigenvalue weighted by molar-refractivity contribution is 9.10. The third-order valence-electron chi connectivity index (χ3n) is 3.21. The lowest BCUT2D eigenvalue weighted by Gasteiger charge is -2.34. The molecule has 2 rings (SSSR count). The predicted molar refractivity (Wildman–Crippen MR) is 82.5 cm³/mol. The average molecular weight is 363 g/mol. The Morgan fingerprint density at radius 3 is 2.68 bits per heavy atom. The Kier molecular flexibility index (Phi) is 4.60. The molecule has 19 heavy (non-hydrogen) atoms. The van der Waals surface area contributed by atoms with E-state index in [1.54, 1.807) is 24.3 Å². The van der Waals surface area contributed by atoms with Crippen molar-refractivity contribution in [1.82, 2.24) is 4.31 Å². The van der Waals surface area contributed by atoms with Gasteiger partial charge in [0.15, 0.2) is 0 Å². The van der Waals surface area contributed by atoms with Crippen molar-refractivity contribution in [1.29, 1.82) is 0 Å². The van der Waals surface area contributed by atoms with Gasteiger partial charge in [0.1, 0.15) is 0 Å². The molecule has 0 bridgehead atoms. The summed E-state index contributed by atoms with van der Waals surface area (Å²) < 4.78 is 27.4. The number of benzene rings is 1. The van der Waals surface area contributed by atoms with Gasteiger partial charge in [-0.25, -0.2) is 8.42 Å². The Hall–Kier alpha value is -0.500. The van der Waals surface area contributed by atoms with Gasteiger partial charge in [-0.05, 0) is 40.9 Å². The minimum atomic E-state index is -3.57. The molecule has 1 unspecified atom stereocenters. The zero-order valence-electron chi connectivity index (χ0n) is 10.3. The van der Waals surface area contributed by atoms with E-state index in [0.29, 0.717) is 17.4 Å². The molecule has 0 saturated carbocycles. The Morgan fingerprint density at radius 1 is 1.37 bits per heavy atom. The largest absolute Gasteiger partial charge is 0.392 e. The highest BCUT2D eigenvalue weighted by atomic mass is 79.9. The molecule has 2 N–H and O–H groups in total. The summed E-state index contributed by atoms with van der Waals surface area (Å²) in [6, 6.07) is 6.42. The highest BCUT2D eigenvalue weighted by Crippen LogP contribution is 2.29. The van der Waals surface area contributed by atoms with Crippen molar-refractivity contribution in [2.45, 2.75) is 30.2 Å². The topological polar surface area (TPSA) is 63.4 Å². The smallest absolute Gasteiger partial charge is 0.244 e. The number of thiocarbonyl (C=S) groups is 1. The van der Waals surface area contributed by atoms with Crippen molar-refractivity contribution in [3.05, 3.63) is 28.7 Å². The van der Waals surface area contributed by atoms with Crippen molar-refractivity contribution in [3.63, 3.8) is 0 Å². The monoisotopic (exact) mass is 362 g/mol. The first-order chi connectivity index (χ1) is 8.94. The first-order valence-electron chi connectivity index (χ1n) is 6.00. The van der Waals surface area contributed by atoms with Crippen molar-refractivity contribution in [3.8, 4) is 0 Å². The van der Waals surface area contributed by atoms with Crippen LogP contribution in [0.1, 0.15) is 19.3 Å². The van der Waals surface area contributed by atoms with Crippen molar-refractivity contribution < 1.29 is 8.42 Å². The quantitative estimate of drug-likeness (QED) is 0.837. The van der Waals surface area contributed by atoms with Gasteiger partial charge < -0.3 is 5.73 Å². The summed E-state index contributed by atoms with van der Waals surface area (Å²) in [5.41, 5.74) is 5.68. The minimum absolute atomic E-state index is 0.246. The van der Waals surface area contributed by atoms with Gasteiger partial charge in [0.05, 0.1) is 15.9 Å². The van der Waals surface area contributed by atoms with Gasteiger partial charge in [-0.15, -0.1) is 0 Å². The molecule has 1 aromatic carbocycles. The Morgan fingerprint density at radius 2 is 2.05 bits per heavy atom. The van der Waals surface area contributed by atoms with Gasteiger partial charge in [-0.3, -0.25) is 0 Å². The first kappa shape index (κ1) is 14.9. The standard InChI is InChI=1S/C12H15BrN2O2S2/c13-9-5-1-2-7-11(9)19(16,17)15-8-4-3-6-10(15)12(14)18/h1-2,5,7,10H,3-4,6,8H2,(H2,14,18). The van der Waals surface area contributed by atoms with Gasteiger partial charge in [0.2, 0.25) is 10.0 Å². The summed E-state index contributed by atoms with van der Waals surface area (Å²) in [6.07, 6.45) is 2.48. The van der Waals surface area contributed by atoms with Crippen LogP contribution in [0.3, 0.4) is 0 Å². The summed E-state index contributed by atoms with van der Waals surface area (Å²) in [4.78, 5) is 0.508. The maximum Gasteiger partial charge on any atom is 0.244 e. The van der Waals surface area contributed by atoms with Gasteiger partial charge in [-0.2, -0.15) is 4.31 Å². The zero-order valence-corrected chi connectivity index (χ0v) is 13.5. The molecular formula is C12H15BrN2O2S2. The van der Waals surface area contributed by atoms with Crippen LogP contribution in [0.25, 0.3) is 0 Å². The predicted octanol–water partition coefficient (Wildman–Crippen LogP) is 2.28. The number of rotatable bonds is 3. The van der Waals surface area contributed by atoms with Gasteiger partial charge >= 0.3 is 0 Å². The molecule has 1 aromatic rings. The van der Waals surface area contributed by atoms with E-state index in [-0.39, 0.29) is 15.9 Å². The van der Waals surface area contributed by atoms with E-state index >= 15 is 0 Å². The van der Waals surface area contributed by atoms with E-state index < -0.39 is 10.0 Å². The van der Waals surface area contributed by atoms with Crippen LogP contribution in [0.15, 0.2) is 33.6 Å². The molecule has 1 heterocycles. The Balaban J connectivity index is 2.43. The summed E-state index contributed by atoms with van der Waals surface area (Å²) in [6.45, 7) is 0.464. The van der Waals surface area contributed by atoms with Crippen molar-refractivity contribution in [2.24, 2.45) is 5.73 Å². The molecule has 1 aliphatic heterocycles. The fourth-order valence-corrected chi connectivity index (χ4v) is 5.21. The first-order valence-corrected chi connectivity index (χ1v) is 8.64. The molecule has 1 fully saturated rings. The molecular weight excluding hydrogens is 348 g/mol. The highest BCUT2D eigenvalue weighted by Gasteiger charge is 2.35. The Labute approximate surface area is 127 Å². The second-order valence-corrected chi connectivity index (χ2v) is 7.64. The lowest BCUT2D eigenvalue weighted by atomic mass is 10.1. The average Bonchev–Trinajstić information content (AvgIpc) is 2.39. The summed E-state index contributed by atoms with van der Waals surface area (Å²) >= 11 is 8.29. The molecule has 1 aliphatic rings. The van der Waals surface area contributed by atoms with Crippen LogP contribution >= 0.6 is 28.1 Å². The minimum Gasteiger partial charge on any atom is -0.392 e. The summed E-state index contributed by atoms with van der Waals surface area (Å²) in [7, 11) is -3.57. The fraction of sp³-hybridized carbons (Fsp3) is 0.417. The van der Waals surface area contributed by atoms with Crippen molar-refractivity contribution >= 4 is 43.2 Å². The van der Waals surface area contributed by atoms with Gasteiger partial charge in [0, 0.05) is 11.0 Å². The molecule has 0 aromatic heterocycles. The van der Waals surface area contributed by atoms with Crippen LogP contribution < -0.4 is 5.73 Å². The molecule has 4 nitrogen and oxygen atoms in total. The van der Waals surface area contributed by atoms with E-state index in [2.05, 4.69) is 15.9 Å². The lowest BCUT2D eigenvalue weighted by Crippen LogP contribution is -2.49. The third-order valence-corrected chi connectivity index (χ3v) is 6.40. The lowest BCUT2D eigenvalue weighted by molar-refractivity contribution is 0.306. The van der Waals surface area contributed by atoms with Crippen LogP contribution in [-0.4, -0.2) is 30.3 Å². The van der Waals surface area contributed by atoms with E-state index in [0.717, 1.165) is 12.8 Å². The van der Waals surface area contributed by atoms with Crippen LogP contribution in [0.2, 0.25) is 0 Å². The number of hydrogen-bond acceptors (Lipinski definition) is 3.